The first-order valence-corrected chi connectivity index (χ1v) is 5.90. The van der Waals surface area contributed by atoms with Crippen molar-refractivity contribution in [2.75, 3.05) is 23.4 Å². The van der Waals surface area contributed by atoms with Crippen LogP contribution in [0.15, 0.2) is 10.7 Å². The minimum atomic E-state index is -1.14. The highest BCUT2D eigenvalue weighted by molar-refractivity contribution is 7.84. The summed E-state index contributed by atoms with van der Waals surface area (Å²) in [7, 11) is -0.851. The van der Waals surface area contributed by atoms with E-state index in [0.717, 1.165) is 6.26 Å². The van der Waals surface area contributed by atoms with Crippen LogP contribution in [-0.2, 0) is 10.8 Å². The third-order valence-electron chi connectivity index (χ3n) is 1.65. The number of aromatic nitrogens is 1. The molecule has 0 saturated carbocycles. The average Bonchev–Trinajstić information content (AvgIpc) is 2.66. The molecule has 0 aliphatic heterocycles. The van der Waals surface area contributed by atoms with Gasteiger partial charge in [0, 0.05) is 28.9 Å². The molecule has 0 bridgehead atoms. The monoisotopic (exact) mass is 232 g/mol. The van der Waals surface area contributed by atoms with Gasteiger partial charge in [0.25, 0.3) is 6.01 Å². The zero-order valence-corrected chi connectivity index (χ0v) is 9.04. The average molecular weight is 232 g/mol. The molecule has 6 nitrogen and oxygen atoms in total. The van der Waals surface area contributed by atoms with Crippen LogP contribution in [0.4, 0.5) is 6.01 Å². The SMILES string of the molecule is CCS(=O)CCNc1nc(C(=O)O)co1. The lowest BCUT2D eigenvalue weighted by Crippen LogP contribution is -2.12. The van der Waals surface area contributed by atoms with E-state index in [1.807, 2.05) is 6.92 Å². The van der Waals surface area contributed by atoms with Crippen molar-refractivity contribution in [3.05, 3.63) is 12.0 Å². The van der Waals surface area contributed by atoms with Gasteiger partial charge in [0.2, 0.25) is 0 Å². The summed E-state index contributed by atoms with van der Waals surface area (Å²) in [5.41, 5.74) is -0.144. The fraction of sp³-hybridized carbons (Fsp3) is 0.500. The predicted octanol–water partition coefficient (Wildman–Crippen LogP) is 0.553. The molecule has 0 amide bonds. The molecule has 0 fully saturated rings. The van der Waals surface area contributed by atoms with Gasteiger partial charge in [-0.05, 0) is 0 Å². The molecule has 2 N–H and O–H groups in total. The third-order valence-corrected chi connectivity index (χ3v) is 2.95. The molecule has 1 aromatic rings. The zero-order chi connectivity index (χ0) is 11.3. The van der Waals surface area contributed by atoms with Crippen LogP contribution in [0, 0.1) is 0 Å². The zero-order valence-electron chi connectivity index (χ0n) is 8.23. The molecule has 1 aromatic heterocycles. The summed E-state index contributed by atoms with van der Waals surface area (Å²) in [6, 6.07) is 0.139. The van der Waals surface area contributed by atoms with Gasteiger partial charge in [-0.25, -0.2) is 4.79 Å². The number of nitrogens with one attached hydrogen (secondary N) is 1. The lowest BCUT2D eigenvalue weighted by atomic mass is 10.5. The molecule has 7 heteroatoms. The number of rotatable bonds is 6. The van der Waals surface area contributed by atoms with Crippen molar-refractivity contribution >= 4 is 22.8 Å². The van der Waals surface area contributed by atoms with Crippen molar-refractivity contribution in [1.29, 1.82) is 0 Å². The van der Waals surface area contributed by atoms with E-state index in [-0.39, 0.29) is 11.7 Å². The fourth-order valence-corrected chi connectivity index (χ4v) is 1.49. The van der Waals surface area contributed by atoms with Crippen molar-refractivity contribution in [2.45, 2.75) is 6.92 Å². The van der Waals surface area contributed by atoms with E-state index < -0.39 is 16.8 Å². The Morgan fingerprint density at radius 3 is 3.00 bits per heavy atom. The highest BCUT2D eigenvalue weighted by atomic mass is 32.2. The number of carbonyl (C=O) groups is 1. The predicted molar refractivity (Wildman–Crippen MR) is 55.5 cm³/mol. The Labute approximate surface area is 89.1 Å². The maximum absolute atomic E-state index is 11.0. The minimum Gasteiger partial charge on any atom is -0.476 e. The first-order valence-electron chi connectivity index (χ1n) is 4.41. The molecular weight excluding hydrogens is 220 g/mol. The molecule has 1 rings (SSSR count). The fourth-order valence-electron chi connectivity index (χ4n) is 0.869. The number of aromatic carboxylic acids is 1. The van der Waals surface area contributed by atoms with Gasteiger partial charge in [0.15, 0.2) is 5.69 Å². The first kappa shape index (κ1) is 11.7. The largest absolute Gasteiger partial charge is 0.476 e. The molecule has 0 spiro atoms. The van der Waals surface area contributed by atoms with Crippen molar-refractivity contribution in [1.82, 2.24) is 4.98 Å². The second-order valence-corrected chi connectivity index (χ2v) is 4.57. The molecule has 0 aromatic carbocycles. The van der Waals surface area contributed by atoms with Gasteiger partial charge in [0.1, 0.15) is 6.26 Å². The smallest absolute Gasteiger partial charge is 0.357 e. The Bertz CT molecular complexity index is 363. The lowest BCUT2D eigenvalue weighted by molar-refractivity contribution is 0.0690. The van der Waals surface area contributed by atoms with Crippen LogP contribution < -0.4 is 5.32 Å². The molecule has 0 aliphatic rings. The van der Waals surface area contributed by atoms with Crippen molar-refractivity contribution < 1.29 is 18.5 Å². The van der Waals surface area contributed by atoms with E-state index in [0.29, 0.717) is 18.1 Å². The Balaban J connectivity index is 2.38. The Morgan fingerprint density at radius 2 is 2.47 bits per heavy atom. The summed E-state index contributed by atoms with van der Waals surface area (Å²) in [6.07, 6.45) is 1.06. The summed E-state index contributed by atoms with van der Waals surface area (Å²) in [5.74, 6) is -0.0431. The van der Waals surface area contributed by atoms with Crippen LogP contribution in [0.3, 0.4) is 0 Å². The number of anilines is 1. The normalized spacial score (nSPS) is 12.3. The summed E-state index contributed by atoms with van der Waals surface area (Å²) in [5, 5.41) is 11.3. The molecule has 1 unspecified atom stereocenters. The first-order chi connectivity index (χ1) is 7.13. The van der Waals surface area contributed by atoms with Crippen LogP contribution >= 0.6 is 0 Å². The Morgan fingerprint density at radius 1 is 1.73 bits per heavy atom. The van der Waals surface area contributed by atoms with Crippen molar-refractivity contribution in [2.24, 2.45) is 0 Å². The molecule has 0 radical (unpaired) electrons. The van der Waals surface area contributed by atoms with E-state index in [9.17, 15) is 9.00 Å². The lowest BCUT2D eigenvalue weighted by Gasteiger charge is -1.99. The molecule has 15 heavy (non-hydrogen) atoms. The summed E-state index contributed by atoms with van der Waals surface area (Å²) in [4.78, 5) is 14.1. The van der Waals surface area contributed by atoms with Gasteiger partial charge >= 0.3 is 5.97 Å². The molecule has 1 atom stereocenters. The van der Waals surface area contributed by atoms with Gasteiger partial charge in [-0.3, -0.25) is 4.21 Å². The Kier molecular flexibility index (Phi) is 4.29. The number of carboxylic acids is 1. The quantitative estimate of drug-likeness (QED) is 0.744. The number of nitrogens with zero attached hydrogens (tertiary/aromatic N) is 1. The molecule has 1 heterocycles. The highest BCUT2D eigenvalue weighted by Gasteiger charge is 2.09. The third kappa shape index (κ3) is 3.70. The topological polar surface area (TPSA) is 92.4 Å². The Hall–Kier alpha value is -1.37. The van der Waals surface area contributed by atoms with Gasteiger partial charge in [-0.15, -0.1) is 0 Å². The maximum Gasteiger partial charge on any atom is 0.357 e. The molecular formula is C8H12N2O4S. The van der Waals surface area contributed by atoms with Crippen LogP contribution in [0.2, 0.25) is 0 Å². The van der Waals surface area contributed by atoms with E-state index in [2.05, 4.69) is 10.3 Å². The van der Waals surface area contributed by atoms with Crippen molar-refractivity contribution in [3.8, 4) is 0 Å². The number of carboxylic acid groups (broad SMARTS) is 1. The second-order valence-electron chi connectivity index (χ2n) is 2.70. The highest BCUT2D eigenvalue weighted by Crippen LogP contribution is 2.06. The molecule has 0 aliphatic carbocycles. The summed E-state index contributed by atoms with van der Waals surface area (Å²) in [6.45, 7) is 2.28. The van der Waals surface area contributed by atoms with Crippen LogP contribution in [0.1, 0.15) is 17.4 Å². The molecule has 84 valence electrons. The maximum atomic E-state index is 11.0. The number of oxazole rings is 1. The molecule has 0 saturated heterocycles. The minimum absolute atomic E-state index is 0.139. The van der Waals surface area contributed by atoms with Crippen LogP contribution in [0.25, 0.3) is 0 Å². The number of hydrogen-bond donors (Lipinski definition) is 2. The van der Waals surface area contributed by atoms with Gasteiger partial charge in [-0.2, -0.15) is 4.98 Å². The van der Waals surface area contributed by atoms with E-state index >= 15 is 0 Å². The van der Waals surface area contributed by atoms with E-state index in [1.54, 1.807) is 0 Å². The number of hydrogen-bond acceptors (Lipinski definition) is 5. The van der Waals surface area contributed by atoms with Gasteiger partial charge in [-0.1, -0.05) is 6.92 Å². The summed E-state index contributed by atoms with van der Waals surface area (Å²) >= 11 is 0. The van der Waals surface area contributed by atoms with Crippen LogP contribution in [0.5, 0.6) is 0 Å². The van der Waals surface area contributed by atoms with E-state index in [1.165, 1.54) is 0 Å². The summed E-state index contributed by atoms with van der Waals surface area (Å²) < 4.78 is 15.9. The van der Waals surface area contributed by atoms with E-state index in [4.69, 9.17) is 9.52 Å². The van der Waals surface area contributed by atoms with Gasteiger partial charge < -0.3 is 14.8 Å². The van der Waals surface area contributed by atoms with Crippen molar-refractivity contribution in [3.63, 3.8) is 0 Å². The van der Waals surface area contributed by atoms with Crippen LogP contribution in [-0.4, -0.2) is 38.3 Å². The second kappa shape index (κ2) is 5.50. The van der Waals surface area contributed by atoms with Gasteiger partial charge in [0.05, 0.1) is 0 Å². The standard InChI is InChI=1S/C8H12N2O4S/c1-2-15(13)4-3-9-8-10-6(5-14-8)7(11)12/h5H,2-4H2,1H3,(H,9,10)(H,11,12).